The smallest absolute Gasteiger partial charge is 0.240 e. The highest BCUT2D eigenvalue weighted by atomic mass is 28.3. The maximum Gasteiger partial charge on any atom is 0.240 e. The second-order valence-electron chi connectivity index (χ2n) is 19.4. The van der Waals surface area contributed by atoms with Gasteiger partial charge in [0.15, 0.2) is 13.9 Å². The summed E-state index contributed by atoms with van der Waals surface area (Å²) in [6.07, 6.45) is 0. The van der Waals surface area contributed by atoms with Crippen molar-refractivity contribution in [1.82, 2.24) is 24.1 Å². The summed E-state index contributed by atoms with van der Waals surface area (Å²) < 4.78 is 4.47. The summed E-state index contributed by atoms with van der Waals surface area (Å²) in [5, 5.41) is 9.86. The van der Waals surface area contributed by atoms with E-state index in [1.165, 1.54) is 42.6 Å². The summed E-state index contributed by atoms with van der Waals surface area (Å²) >= 11 is 0. The van der Waals surface area contributed by atoms with Gasteiger partial charge in [-0.05, 0) is 79.1 Å². The zero-order chi connectivity index (χ0) is 44.5. The average molecular weight is 858 g/mol. The van der Waals surface area contributed by atoms with Crippen molar-refractivity contribution in [2.75, 3.05) is 0 Å². The van der Waals surface area contributed by atoms with Gasteiger partial charge in [-0.25, -0.2) is 0 Å². The largest absolute Gasteiger partial charge is 0.278 e. The Hall–Kier alpha value is -7.41. The lowest BCUT2D eigenvalue weighted by atomic mass is 9.85. The number of nitrogens with zero attached hydrogens (tertiary/aromatic N) is 5. The zero-order valence-electron chi connectivity index (χ0n) is 37.8. The number of hydrogen-bond acceptors (Lipinski definition) is 3. The molecule has 0 unspecified atom stereocenters. The normalized spacial score (nSPS) is 12.5. The van der Waals surface area contributed by atoms with Crippen LogP contribution in [0.5, 0.6) is 0 Å². The Morgan fingerprint density at radius 2 is 0.723 bits per heavy atom. The van der Waals surface area contributed by atoms with Gasteiger partial charge in [0.25, 0.3) is 0 Å². The predicted octanol–water partition coefficient (Wildman–Crippen LogP) is 11.7. The minimum absolute atomic E-state index is 0.0307. The van der Waals surface area contributed by atoms with Crippen molar-refractivity contribution in [3.63, 3.8) is 0 Å². The topological polar surface area (TPSA) is 48.5 Å². The van der Waals surface area contributed by atoms with Gasteiger partial charge < -0.3 is 0 Å². The van der Waals surface area contributed by atoms with Gasteiger partial charge in [0.05, 0.1) is 22.1 Å². The number of hydrogen-bond donors (Lipinski definition) is 0. The Balaban J connectivity index is 1.23. The van der Waals surface area contributed by atoms with E-state index in [1.54, 1.807) is 0 Å². The molecule has 0 radical (unpaired) electrons. The third-order valence-corrected chi connectivity index (χ3v) is 18.0. The van der Waals surface area contributed by atoms with Crippen molar-refractivity contribution in [3.8, 4) is 23.3 Å². The van der Waals surface area contributed by atoms with Crippen LogP contribution in [0.4, 0.5) is 0 Å². The Morgan fingerprint density at radius 3 is 1.15 bits per heavy atom. The lowest BCUT2D eigenvalue weighted by Gasteiger charge is -2.34. The second-order valence-corrected chi connectivity index (χ2v) is 23.2. The highest BCUT2D eigenvalue weighted by Crippen LogP contribution is 2.38. The molecule has 0 atom stereocenters. The number of aromatic nitrogens is 5. The number of para-hydroxylation sites is 2. The molecule has 5 nitrogen and oxygen atoms in total. The molecule has 0 amide bonds. The standard InChI is InChI=1S/C59H51N5Si/c1-58(2,3)41-33-35-53-49(38-41)50-39-42(59(4,5)6)34-36-54(50)64(53)57-61-55(60-56(62-57)63-51-31-18-16-29-47(51)48-30-17-19-32-52(48)63)40-21-20-28-46(37-40)65(43-22-10-7-11-23-43,44-24-12-8-13-25-44)45-26-14-9-15-27-45/h7-39H,1-6H3. The molecule has 0 aliphatic heterocycles. The van der Waals surface area contributed by atoms with Gasteiger partial charge in [-0.1, -0.05) is 205 Å². The first-order valence-electron chi connectivity index (χ1n) is 22.6. The SMILES string of the molecule is CC(C)(C)c1ccc2c(c1)c1cc(C(C)(C)C)ccc1n2-c1nc(-c2cccc([Si](c3ccccc3)(c3ccccc3)c3ccccc3)c2)nc(-n2c3ccccc3c3ccccc32)n1. The van der Waals surface area contributed by atoms with Crippen molar-refractivity contribution in [1.29, 1.82) is 0 Å². The van der Waals surface area contributed by atoms with Crippen molar-refractivity contribution >= 4 is 72.4 Å². The third-order valence-electron chi connectivity index (χ3n) is 13.3. The molecule has 3 heterocycles. The molecule has 3 aromatic heterocycles. The van der Waals surface area contributed by atoms with Crippen molar-refractivity contribution in [2.24, 2.45) is 0 Å². The summed E-state index contributed by atoms with van der Waals surface area (Å²) in [5.74, 6) is 1.75. The molecule has 11 aromatic rings. The monoisotopic (exact) mass is 857 g/mol. The van der Waals surface area contributed by atoms with Gasteiger partial charge in [0.2, 0.25) is 11.9 Å². The van der Waals surface area contributed by atoms with E-state index in [9.17, 15) is 0 Å². The fraction of sp³-hybridized carbons (Fsp3) is 0.136. The van der Waals surface area contributed by atoms with Crippen LogP contribution >= 0.6 is 0 Å². The fourth-order valence-corrected chi connectivity index (χ4v) is 14.7. The maximum atomic E-state index is 5.54. The van der Waals surface area contributed by atoms with Crippen LogP contribution in [0.15, 0.2) is 200 Å². The second kappa shape index (κ2) is 15.4. The molecule has 0 spiro atoms. The lowest BCUT2D eigenvalue weighted by molar-refractivity contribution is 0.590. The van der Waals surface area contributed by atoms with Gasteiger partial charge in [0, 0.05) is 27.1 Å². The van der Waals surface area contributed by atoms with E-state index >= 15 is 0 Å². The van der Waals surface area contributed by atoms with Gasteiger partial charge in [-0.3, -0.25) is 9.13 Å². The average Bonchev–Trinajstić information content (AvgIpc) is 3.85. The van der Waals surface area contributed by atoms with Crippen LogP contribution in [0.1, 0.15) is 52.7 Å². The van der Waals surface area contributed by atoms with Crippen LogP contribution in [-0.4, -0.2) is 32.2 Å². The molecule has 0 aliphatic rings. The molecule has 0 saturated heterocycles. The third kappa shape index (κ3) is 6.70. The predicted molar refractivity (Wildman–Crippen MR) is 275 cm³/mol. The van der Waals surface area contributed by atoms with E-state index in [0.717, 1.165) is 38.4 Å². The lowest BCUT2D eigenvalue weighted by Crippen LogP contribution is -2.74. The molecule has 0 N–H and O–H groups in total. The Morgan fingerprint density at radius 1 is 0.338 bits per heavy atom. The summed E-state index contributed by atoms with van der Waals surface area (Å²) in [6.45, 7) is 13.7. The minimum atomic E-state index is -2.87. The number of benzene rings is 8. The highest BCUT2D eigenvalue weighted by Gasteiger charge is 2.41. The molecule has 0 fully saturated rings. The van der Waals surface area contributed by atoms with E-state index in [1.807, 2.05) is 0 Å². The molecule has 11 rings (SSSR count). The maximum absolute atomic E-state index is 5.54. The van der Waals surface area contributed by atoms with Crippen LogP contribution < -0.4 is 20.7 Å². The Bertz CT molecular complexity index is 3340. The van der Waals surface area contributed by atoms with E-state index < -0.39 is 8.07 Å². The van der Waals surface area contributed by atoms with Crippen LogP contribution in [0.25, 0.3) is 66.9 Å². The first-order chi connectivity index (χ1) is 31.5. The van der Waals surface area contributed by atoms with Gasteiger partial charge in [0.1, 0.15) is 0 Å². The van der Waals surface area contributed by atoms with Crippen molar-refractivity contribution in [2.45, 2.75) is 52.4 Å². The molecular formula is C59H51N5Si. The van der Waals surface area contributed by atoms with Crippen LogP contribution in [0, 0.1) is 0 Å². The molecule has 0 aliphatic carbocycles. The molecule has 0 saturated carbocycles. The first-order valence-corrected chi connectivity index (χ1v) is 24.6. The molecule has 0 bridgehead atoms. The molecule has 316 valence electrons. The quantitative estimate of drug-likeness (QED) is 0.118. The van der Waals surface area contributed by atoms with Gasteiger partial charge in [-0.2, -0.15) is 15.0 Å². The van der Waals surface area contributed by atoms with Gasteiger partial charge >= 0.3 is 0 Å². The van der Waals surface area contributed by atoms with Crippen molar-refractivity contribution < 1.29 is 0 Å². The molecule has 6 heteroatoms. The first kappa shape index (κ1) is 40.4. The van der Waals surface area contributed by atoms with Crippen LogP contribution in [0.3, 0.4) is 0 Å². The molecule has 65 heavy (non-hydrogen) atoms. The van der Waals surface area contributed by atoms with Crippen molar-refractivity contribution in [3.05, 3.63) is 211 Å². The van der Waals surface area contributed by atoms with Crippen LogP contribution in [-0.2, 0) is 10.8 Å². The highest BCUT2D eigenvalue weighted by molar-refractivity contribution is 7.19. The number of fused-ring (bicyclic) bond motifs is 6. The summed E-state index contributed by atoms with van der Waals surface area (Å²) in [7, 11) is -2.87. The summed E-state index contributed by atoms with van der Waals surface area (Å²) in [6, 6.07) is 73.1. The Kier molecular flexibility index (Phi) is 9.56. The van der Waals surface area contributed by atoms with E-state index in [2.05, 4.69) is 251 Å². The minimum Gasteiger partial charge on any atom is -0.278 e. The van der Waals surface area contributed by atoms with Crippen LogP contribution in [0.2, 0.25) is 0 Å². The Labute approximate surface area is 381 Å². The fourth-order valence-electron chi connectivity index (χ4n) is 9.95. The summed E-state index contributed by atoms with van der Waals surface area (Å²) in [4.78, 5) is 16.5. The zero-order valence-corrected chi connectivity index (χ0v) is 38.8. The van der Waals surface area contributed by atoms with E-state index in [4.69, 9.17) is 15.0 Å². The van der Waals surface area contributed by atoms with E-state index in [0.29, 0.717) is 17.7 Å². The summed E-state index contributed by atoms with van der Waals surface area (Å²) in [5.41, 5.74) is 7.64. The number of rotatable bonds is 7. The van der Waals surface area contributed by atoms with Gasteiger partial charge in [-0.15, -0.1) is 0 Å². The molecule has 8 aromatic carbocycles. The van der Waals surface area contributed by atoms with E-state index in [-0.39, 0.29) is 10.8 Å². The molecular weight excluding hydrogens is 807 g/mol.